The lowest BCUT2D eigenvalue weighted by Gasteiger charge is -2.28. The van der Waals surface area contributed by atoms with Gasteiger partial charge in [0.15, 0.2) is 0 Å². The Morgan fingerprint density at radius 1 is 1.24 bits per heavy atom. The predicted molar refractivity (Wildman–Crippen MR) is 119 cm³/mol. The summed E-state index contributed by atoms with van der Waals surface area (Å²) in [6.45, 7) is 2.16. The number of fused-ring (bicyclic) bond motifs is 1. The van der Waals surface area contributed by atoms with Crippen LogP contribution in [0.3, 0.4) is 0 Å². The number of benzene rings is 2. The van der Waals surface area contributed by atoms with Crippen molar-refractivity contribution in [1.29, 1.82) is 5.41 Å². The maximum absolute atomic E-state index is 13.0. The Kier molecular flexibility index (Phi) is 6.43. The highest BCUT2D eigenvalue weighted by molar-refractivity contribution is 8.00. The normalized spacial score (nSPS) is 16.2. The minimum atomic E-state index is -0.481. The van der Waals surface area contributed by atoms with Crippen molar-refractivity contribution in [3.63, 3.8) is 0 Å². The zero-order chi connectivity index (χ0) is 21.0. The molecule has 8 heteroatoms. The van der Waals surface area contributed by atoms with Gasteiger partial charge >= 0.3 is 0 Å². The number of rotatable bonds is 7. The van der Waals surface area contributed by atoms with Gasteiger partial charge in [0.1, 0.15) is 16.9 Å². The van der Waals surface area contributed by atoms with Gasteiger partial charge in [0.05, 0.1) is 5.69 Å². The Hall–Kier alpha value is -3.00. The third-order valence-corrected chi connectivity index (χ3v) is 6.25. The average Bonchev–Trinajstić information content (AvgIpc) is 2.72. The first kappa shape index (κ1) is 20.7. The molecule has 3 rings (SSSR count). The summed E-state index contributed by atoms with van der Waals surface area (Å²) in [7, 11) is 0. The molecule has 0 radical (unpaired) electrons. The van der Waals surface area contributed by atoms with Crippen molar-refractivity contribution >= 4 is 35.0 Å². The predicted octanol–water partition coefficient (Wildman–Crippen LogP) is 3.07. The number of hydrogen-bond donors (Lipinski definition) is 5. The lowest BCUT2D eigenvalue weighted by atomic mass is 9.93. The first-order valence-electron chi connectivity index (χ1n) is 9.57. The molecule has 7 nitrogen and oxygen atoms in total. The number of carbonyl (C=O) groups excluding carboxylic acids is 1. The molecule has 0 bridgehead atoms. The molecular formula is C21H26N6OS. The molecule has 1 unspecified atom stereocenters. The number of unbranched alkanes of at least 4 members (excludes halogenated alkanes) is 2. The molecule has 1 aliphatic rings. The molecule has 1 heterocycles. The number of aryl methyl sites for hydroxylation is 1. The summed E-state index contributed by atoms with van der Waals surface area (Å²) in [6, 6.07) is 11.2. The lowest BCUT2D eigenvalue weighted by molar-refractivity contribution is -0.115. The van der Waals surface area contributed by atoms with Crippen LogP contribution in [0.1, 0.15) is 53.7 Å². The summed E-state index contributed by atoms with van der Waals surface area (Å²) in [5.41, 5.74) is 15.5. The second-order valence-corrected chi connectivity index (χ2v) is 8.11. The Morgan fingerprint density at radius 3 is 2.72 bits per heavy atom. The number of hydrazone groups is 1. The third-order valence-electron chi connectivity index (χ3n) is 4.95. The van der Waals surface area contributed by atoms with E-state index in [0.717, 1.165) is 41.7 Å². The summed E-state index contributed by atoms with van der Waals surface area (Å²) in [6.07, 6.45) is 4.11. The van der Waals surface area contributed by atoms with Crippen LogP contribution in [0.15, 0.2) is 46.4 Å². The van der Waals surface area contributed by atoms with Gasteiger partial charge in [-0.05, 0) is 42.2 Å². The summed E-state index contributed by atoms with van der Waals surface area (Å²) in [5, 5.41) is 14.0. The minimum absolute atomic E-state index is 0.0289. The molecule has 0 aliphatic carbocycles. The minimum Gasteiger partial charge on any atom is -0.384 e. The molecular weight excluding hydrogens is 384 g/mol. The molecule has 1 atom stereocenters. The van der Waals surface area contributed by atoms with E-state index in [1.807, 2.05) is 30.3 Å². The largest absolute Gasteiger partial charge is 0.384 e. The molecule has 1 amide bonds. The van der Waals surface area contributed by atoms with Gasteiger partial charge in [-0.1, -0.05) is 38.0 Å². The summed E-state index contributed by atoms with van der Waals surface area (Å²) in [4.78, 5) is 14.0. The van der Waals surface area contributed by atoms with Crippen LogP contribution >= 0.6 is 11.8 Å². The number of amidine groups is 2. The fraction of sp³-hybridized carbons (Fsp3) is 0.286. The highest BCUT2D eigenvalue weighted by atomic mass is 32.2. The van der Waals surface area contributed by atoms with Crippen LogP contribution < -0.4 is 22.6 Å². The van der Waals surface area contributed by atoms with Crippen molar-refractivity contribution < 1.29 is 4.79 Å². The van der Waals surface area contributed by atoms with Crippen LogP contribution in [-0.4, -0.2) is 17.6 Å². The van der Waals surface area contributed by atoms with E-state index in [0.29, 0.717) is 16.8 Å². The van der Waals surface area contributed by atoms with Gasteiger partial charge in [-0.25, -0.2) is 0 Å². The van der Waals surface area contributed by atoms with Crippen LogP contribution in [0.5, 0.6) is 0 Å². The zero-order valence-corrected chi connectivity index (χ0v) is 17.2. The SMILES string of the molecule is CCCCCc1cccc(C(=N)N)c1C1Sc2ccc(C(N)=NN)cc2NC1=O. The molecule has 0 saturated carbocycles. The van der Waals surface area contributed by atoms with Crippen LogP contribution in [0.2, 0.25) is 0 Å². The lowest BCUT2D eigenvalue weighted by Crippen LogP contribution is -2.27. The summed E-state index contributed by atoms with van der Waals surface area (Å²) >= 11 is 1.45. The maximum atomic E-state index is 13.0. The van der Waals surface area contributed by atoms with Gasteiger partial charge in [0.2, 0.25) is 5.91 Å². The number of hydrogen-bond acceptors (Lipinski definition) is 5. The molecule has 2 aromatic rings. The Morgan fingerprint density at radius 2 is 2.03 bits per heavy atom. The number of amides is 1. The first-order valence-corrected chi connectivity index (χ1v) is 10.5. The van der Waals surface area contributed by atoms with Gasteiger partial charge in [0, 0.05) is 16.0 Å². The van der Waals surface area contributed by atoms with E-state index in [1.54, 1.807) is 6.07 Å². The first-order chi connectivity index (χ1) is 14.0. The van der Waals surface area contributed by atoms with E-state index in [4.69, 9.17) is 22.7 Å². The molecule has 2 aromatic carbocycles. The molecule has 0 aromatic heterocycles. The van der Waals surface area contributed by atoms with Crippen LogP contribution in [0, 0.1) is 5.41 Å². The molecule has 152 valence electrons. The van der Waals surface area contributed by atoms with Gasteiger partial charge in [0.25, 0.3) is 0 Å². The average molecular weight is 411 g/mol. The Labute approximate surface area is 174 Å². The quantitative estimate of drug-likeness (QED) is 0.157. The van der Waals surface area contributed by atoms with Crippen molar-refractivity contribution in [1.82, 2.24) is 0 Å². The van der Waals surface area contributed by atoms with Crippen molar-refractivity contribution in [2.75, 3.05) is 5.32 Å². The van der Waals surface area contributed by atoms with Gasteiger partial charge in [-0.3, -0.25) is 10.2 Å². The van der Waals surface area contributed by atoms with Crippen LogP contribution in [-0.2, 0) is 11.2 Å². The molecule has 8 N–H and O–H groups in total. The highest BCUT2D eigenvalue weighted by Crippen LogP contribution is 2.46. The van der Waals surface area contributed by atoms with Crippen molar-refractivity contribution in [3.8, 4) is 0 Å². The van der Waals surface area contributed by atoms with Gasteiger partial charge in [-0.15, -0.1) is 11.8 Å². The Bertz CT molecular complexity index is 972. The van der Waals surface area contributed by atoms with Crippen LogP contribution in [0.4, 0.5) is 5.69 Å². The van der Waals surface area contributed by atoms with Crippen molar-refractivity contribution in [2.45, 2.75) is 42.8 Å². The number of thioether (sulfide) groups is 1. The maximum Gasteiger partial charge on any atom is 0.242 e. The van der Waals surface area contributed by atoms with Crippen molar-refractivity contribution in [2.24, 2.45) is 22.4 Å². The molecule has 0 fully saturated rings. The molecule has 1 aliphatic heterocycles. The standard InChI is InChI=1S/C21H26N6OS/c1-2-3-4-6-12-7-5-8-14(19(22)23)17(12)18-21(28)26-15-11-13(20(24)27-25)9-10-16(15)29-18/h5,7-11,18H,2-4,6,25H2,1H3,(H3,22,23)(H2,24,27)(H,26,28). The van der Waals surface area contributed by atoms with Gasteiger partial charge in [-0.2, -0.15) is 5.10 Å². The number of nitrogens with zero attached hydrogens (tertiary/aromatic N) is 1. The second-order valence-electron chi connectivity index (χ2n) is 6.96. The summed E-state index contributed by atoms with van der Waals surface area (Å²) < 4.78 is 0. The number of carbonyl (C=O) groups is 1. The van der Waals surface area contributed by atoms with E-state index in [9.17, 15) is 4.79 Å². The topological polar surface area (TPSA) is 143 Å². The highest BCUT2D eigenvalue weighted by Gasteiger charge is 2.32. The van der Waals surface area contributed by atoms with E-state index in [-0.39, 0.29) is 17.6 Å². The van der Waals surface area contributed by atoms with E-state index in [2.05, 4.69) is 17.3 Å². The fourth-order valence-electron chi connectivity index (χ4n) is 3.47. The van der Waals surface area contributed by atoms with E-state index >= 15 is 0 Å². The van der Waals surface area contributed by atoms with Gasteiger partial charge < -0.3 is 22.6 Å². The number of nitrogens with one attached hydrogen (secondary N) is 2. The number of nitrogen functional groups attached to an aromatic ring is 1. The molecule has 29 heavy (non-hydrogen) atoms. The van der Waals surface area contributed by atoms with E-state index in [1.165, 1.54) is 11.8 Å². The van der Waals surface area contributed by atoms with Crippen LogP contribution in [0.25, 0.3) is 0 Å². The number of nitrogens with two attached hydrogens (primary N) is 3. The number of anilines is 1. The zero-order valence-electron chi connectivity index (χ0n) is 16.4. The second kappa shape index (κ2) is 9.00. The molecule has 0 spiro atoms. The summed E-state index contributed by atoms with van der Waals surface area (Å²) in [5.74, 6) is 5.28. The third kappa shape index (κ3) is 4.37. The monoisotopic (exact) mass is 410 g/mol. The van der Waals surface area contributed by atoms with E-state index < -0.39 is 5.25 Å². The van der Waals surface area contributed by atoms with Crippen molar-refractivity contribution in [3.05, 3.63) is 58.7 Å². The Balaban J connectivity index is 2.01. The smallest absolute Gasteiger partial charge is 0.242 e. The fourth-order valence-corrected chi connectivity index (χ4v) is 4.67. The molecule has 0 saturated heterocycles.